The lowest BCUT2D eigenvalue weighted by molar-refractivity contribution is 0.252. The summed E-state index contributed by atoms with van der Waals surface area (Å²) in [7, 11) is 2.44. The Bertz CT molecular complexity index is 326. The van der Waals surface area contributed by atoms with Crippen molar-refractivity contribution in [3.8, 4) is 0 Å². The van der Waals surface area contributed by atoms with Gasteiger partial charge in [0, 0.05) is 52.9 Å². The zero-order chi connectivity index (χ0) is 13.6. The second kappa shape index (κ2) is 7.40. The van der Waals surface area contributed by atoms with Crippen LogP contribution < -0.4 is 5.32 Å². The van der Waals surface area contributed by atoms with Gasteiger partial charge in [-0.15, -0.1) is 0 Å². The highest BCUT2D eigenvalue weighted by Gasteiger charge is 2.19. The highest BCUT2D eigenvalue weighted by molar-refractivity contribution is 7.89. The number of rotatable bonds is 7. The van der Waals surface area contributed by atoms with Crippen molar-refractivity contribution in [2.24, 2.45) is 0 Å². The first kappa shape index (κ1) is 15.8. The fourth-order valence-corrected chi connectivity index (χ4v) is 2.98. The van der Waals surface area contributed by atoms with Crippen LogP contribution in [0.1, 0.15) is 0 Å². The van der Waals surface area contributed by atoms with E-state index in [0.717, 1.165) is 32.7 Å². The van der Waals surface area contributed by atoms with Gasteiger partial charge in [-0.2, -0.15) is 0 Å². The van der Waals surface area contributed by atoms with Crippen LogP contribution in [-0.2, 0) is 10.0 Å². The number of piperazine rings is 1. The van der Waals surface area contributed by atoms with E-state index in [9.17, 15) is 8.42 Å². The fraction of sp³-hybridized carbons (Fsp3) is 1.00. The molecular weight excluding hydrogens is 252 g/mol. The average molecular weight is 278 g/mol. The first-order valence-corrected chi connectivity index (χ1v) is 8.04. The predicted molar refractivity (Wildman–Crippen MR) is 74.3 cm³/mol. The second-order valence-electron chi connectivity index (χ2n) is 5.03. The summed E-state index contributed by atoms with van der Waals surface area (Å²) >= 11 is 0. The van der Waals surface area contributed by atoms with E-state index in [1.54, 1.807) is 7.05 Å². The van der Waals surface area contributed by atoms with Crippen LogP contribution in [0, 0.1) is 0 Å². The predicted octanol–water partition coefficient (Wildman–Crippen LogP) is -1.29. The van der Waals surface area contributed by atoms with Crippen molar-refractivity contribution in [3.63, 3.8) is 0 Å². The maximum absolute atomic E-state index is 12.1. The van der Waals surface area contributed by atoms with Gasteiger partial charge in [-0.25, -0.2) is 12.7 Å². The lowest BCUT2D eigenvalue weighted by Crippen LogP contribution is -2.46. The van der Waals surface area contributed by atoms with Crippen molar-refractivity contribution < 1.29 is 8.42 Å². The quantitative estimate of drug-likeness (QED) is 0.628. The Kier molecular flexibility index (Phi) is 6.51. The molecule has 1 saturated heterocycles. The van der Waals surface area contributed by atoms with E-state index in [0.29, 0.717) is 13.1 Å². The Morgan fingerprint density at radius 3 is 2.28 bits per heavy atom. The van der Waals surface area contributed by atoms with Gasteiger partial charge in [-0.3, -0.25) is 4.90 Å². The van der Waals surface area contributed by atoms with E-state index in [4.69, 9.17) is 0 Å². The van der Waals surface area contributed by atoms with Gasteiger partial charge in [0.1, 0.15) is 0 Å². The SMILES string of the molecule is CN(C)CCN(C)S(=O)(=O)CCN1CCNCC1. The molecule has 0 bridgehead atoms. The molecule has 18 heavy (non-hydrogen) atoms. The number of sulfonamides is 1. The largest absolute Gasteiger partial charge is 0.314 e. The average Bonchev–Trinajstić information content (AvgIpc) is 2.34. The molecule has 1 rings (SSSR count). The van der Waals surface area contributed by atoms with E-state index in [-0.39, 0.29) is 5.75 Å². The Morgan fingerprint density at radius 2 is 1.72 bits per heavy atom. The summed E-state index contributed by atoms with van der Waals surface area (Å²) in [6.45, 7) is 5.73. The van der Waals surface area contributed by atoms with E-state index < -0.39 is 10.0 Å². The van der Waals surface area contributed by atoms with Gasteiger partial charge in [0.2, 0.25) is 10.0 Å². The van der Waals surface area contributed by atoms with Crippen molar-refractivity contribution in [2.75, 3.05) is 72.7 Å². The summed E-state index contributed by atoms with van der Waals surface area (Å²) in [5.41, 5.74) is 0. The molecule has 1 aliphatic heterocycles. The highest BCUT2D eigenvalue weighted by Crippen LogP contribution is 2.01. The van der Waals surface area contributed by atoms with E-state index in [1.165, 1.54) is 4.31 Å². The maximum Gasteiger partial charge on any atom is 0.215 e. The van der Waals surface area contributed by atoms with Crippen LogP contribution in [0.15, 0.2) is 0 Å². The first-order chi connectivity index (χ1) is 8.42. The summed E-state index contributed by atoms with van der Waals surface area (Å²) in [4.78, 5) is 4.19. The van der Waals surface area contributed by atoms with Gasteiger partial charge in [0.25, 0.3) is 0 Å². The number of nitrogens with zero attached hydrogens (tertiary/aromatic N) is 3. The molecule has 1 aliphatic rings. The normalized spacial score (nSPS) is 18.7. The monoisotopic (exact) mass is 278 g/mol. The Morgan fingerprint density at radius 1 is 1.11 bits per heavy atom. The zero-order valence-electron chi connectivity index (χ0n) is 11.7. The third-order valence-electron chi connectivity index (χ3n) is 3.21. The standard InChI is InChI=1S/C11H26N4O2S/c1-13(2)8-9-14(3)18(16,17)11-10-15-6-4-12-5-7-15/h12H,4-11H2,1-3H3. The Balaban J connectivity index is 2.33. The highest BCUT2D eigenvalue weighted by atomic mass is 32.2. The van der Waals surface area contributed by atoms with Crippen LogP contribution in [0.5, 0.6) is 0 Å². The third kappa shape index (κ3) is 5.62. The molecule has 1 fully saturated rings. The summed E-state index contributed by atoms with van der Waals surface area (Å²) in [6.07, 6.45) is 0. The maximum atomic E-state index is 12.1. The van der Waals surface area contributed by atoms with Crippen LogP contribution >= 0.6 is 0 Å². The number of hydrogen-bond donors (Lipinski definition) is 1. The van der Waals surface area contributed by atoms with Gasteiger partial charge < -0.3 is 10.2 Å². The summed E-state index contributed by atoms with van der Waals surface area (Å²) in [5, 5.41) is 3.26. The molecule has 0 spiro atoms. The molecule has 0 aromatic rings. The summed E-state index contributed by atoms with van der Waals surface area (Å²) in [6, 6.07) is 0. The van der Waals surface area contributed by atoms with Crippen LogP contribution in [0.2, 0.25) is 0 Å². The van der Waals surface area contributed by atoms with Crippen molar-refractivity contribution >= 4 is 10.0 Å². The summed E-state index contributed by atoms with van der Waals surface area (Å²) < 4.78 is 25.6. The van der Waals surface area contributed by atoms with Crippen molar-refractivity contribution in [1.82, 2.24) is 19.4 Å². The number of nitrogens with one attached hydrogen (secondary N) is 1. The topological polar surface area (TPSA) is 55.9 Å². The van der Waals surface area contributed by atoms with Gasteiger partial charge >= 0.3 is 0 Å². The van der Waals surface area contributed by atoms with Gasteiger partial charge in [-0.05, 0) is 14.1 Å². The minimum atomic E-state index is -3.11. The van der Waals surface area contributed by atoms with Crippen molar-refractivity contribution in [3.05, 3.63) is 0 Å². The number of likely N-dealkylation sites (N-methyl/N-ethyl adjacent to an activating group) is 2. The third-order valence-corrected chi connectivity index (χ3v) is 5.04. The van der Waals surface area contributed by atoms with Gasteiger partial charge in [-0.1, -0.05) is 0 Å². The molecule has 0 atom stereocenters. The molecule has 0 aromatic carbocycles. The Hall–Kier alpha value is -0.210. The first-order valence-electron chi connectivity index (χ1n) is 6.43. The van der Waals surface area contributed by atoms with Crippen molar-refractivity contribution in [1.29, 1.82) is 0 Å². The molecule has 0 saturated carbocycles. The van der Waals surface area contributed by atoms with Crippen LogP contribution in [0.3, 0.4) is 0 Å². The molecule has 1 heterocycles. The van der Waals surface area contributed by atoms with Crippen LogP contribution in [-0.4, -0.2) is 95.2 Å². The molecule has 0 amide bonds. The molecule has 6 nitrogen and oxygen atoms in total. The van der Waals surface area contributed by atoms with Gasteiger partial charge in [0.15, 0.2) is 0 Å². The van der Waals surface area contributed by atoms with Crippen LogP contribution in [0.4, 0.5) is 0 Å². The molecule has 0 aromatic heterocycles. The smallest absolute Gasteiger partial charge is 0.215 e. The molecule has 7 heteroatoms. The molecule has 108 valence electrons. The van der Waals surface area contributed by atoms with Gasteiger partial charge in [0.05, 0.1) is 5.75 Å². The minimum Gasteiger partial charge on any atom is -0.314 e. The molecule has 1 N–H and O–H groups in total. The fourth-order valence-electron chi connectivity index (χ4n) is 1.81. The minimum absolute atomic E-state index is 0.219. The Labute approximate surface area is 111 Å². The molecule has 0 unspecified atom stereocenters. The lowest BCUT2D eigenvalue weighted by Gasteiger charge is -2.28. The second-order valence-corrected chi connectivity index (χ2v) is 7.23. The number of hydrogen-bond acceptors (Lipinski definition) is 5. The van der Waals surface area contributed by atoms with E-state index in [1.807, 2.05) is 19.0 Å². The van der Waals surface area contributed by atoms with Crippen LogP contribution in [0.25, 0.3) is 0 Å². The van der Waals surface area contributed by atoms with E-state index >= 15 is 0 Å². The molecule has 0 aliphatic carbocycles. The van der Waals surface area contributed by atoms with Crippen molar-refractivity contribution in [2.45, 2.75) is 0 Å². The molecular formula is C11H26N4O2S. The lowest BCUT2D eigenvalue weighted by atomic mass is 10.4. The molecule has 0 radical (unpaired) electrons. The van der Waals surface area contributed by atoms with E-state index in [2.05, 4.69) is 10.2 Å². The summed E-state index contributed by atoms with van der Waals surface area (Å²) in [5.74, 6) is 0.219. The zero-order valence-corrected chi connectivity index (χ0v) is 12.5.